The summed E-state index contributed by atoms with van der Waals surface area (Å²) >= 11 is 0. The summed E-state index contributed by atoms with van der Waals surface area (Å²) in [6.07, 6.45) is 0. The van der Waals surface area contributed by atoms with Crippen LogP contribution in [0.2, 0.25) is 0 Å². The van der Waals surface area contributed by atoms with E-state index in [0.29, 0.717) is 11.5 Å². The molecule has 1 aliphatic carbocycles. The molecule has 0 saturated heterocycles. The predicted octanol–water partition coefficient (Wildman–Crippen LogP) is 21.3. The first kappa shape index (κ1) is 52.1. The van der Waals surface area contributed by atoms with Crippen LogP contribution in [-0.4, -0.2) is 20.6 Å². The van der Waals surface area contributed by atoms with Crippen LogP contribution in [0.3, 0.4) is 0 Å². The van der Waals surface area contributed by atoms with Crippen molar-refractivity contribution in [1.29, 1.82) is 0 Å². The van der Waals surface area contributed by atoms with E-state index in [2.05, 4.69) is 232 Å². The fourth-order valence-corrected chi connectivity index (χ4v) is 11.3. The number of hydrogen-bond donors (Lipinski definition) is 0. The molecule has 12 aromatic rings. The molecule has 84 heavy (non-hydrogen) atoms. The number of benzene rings is 12. The molecule has 0 amide bonds. The quantitative estimate of drug-likeness (QED) is 0.0576. The van der Waals surface area contributed by atoms with Crippen LogP contribution in [0.4, 0.5) is 0 Å². The Morgan fingerprint density at radius 3 is 0.714 bits per heavy atom. The van der Waals surface area contributed by atoms with E-state index in [1.54, 1.807) is 7.11 Å². The zero-order chi connectivity index (χ0) is 56.8. The van der Waals surface area contributed by atoms with E-state index >= 15 is 0 Å². The zero-order valence-corrected chi connectivity index (χ0v) is 45.8. The third-order valence-corrected chi connectivity index (χ3v) is 15.7. The van der Waals surface area contributed by atoms with Crippen LogP contribution in [0.15, 0.2) is 283 Å². The van der Waals surface area contributed by atoms with Crippen LogP contribution in [0, 0.1) is 0 Å². The molecule has 0 N–H and O–H groups in total. The van der Waals surface area contributed by atoms with Gasteiger partial charge in [-0.2, -0.15) is 0 Å². The van der Waals surface area contributed by atoms with Crippen LogP contribution in [0.1, 0.15) is 0 Å². The second kappa shape index (κ2) is 23.4. The molecule has 13 rings (SSSR count). The lowest BCUT2D eigenvalue weighted by Gasteiger charge is -2.25. The summed E-state index contributed by atoms with van der Waals surface area (Å²) in [6.45, 7) is -0.121. The highest BCUT2D eigenvalue weighted by Gasteiger charge is 2.25. The van der Waals surface area contributed by atoms with Crippen LogP contribution in [-0.2, 0) is 0 Å². The molecular weight excluding hydrogens is 1030 g/mol. The maximum absolute atomic E-state index is 8.68. The van der Waals surface area contributed by atoms with Gasteiger partial charge in [-0.15, -0.1) is 0 Å². The fraction of sp³-hybridized carbons (Fsp3) is 0.0400. The first-order chi connectivity index (χ1) is 41.5. The normalized spacial score (nSPS) is 11.0. The van der Waals surface area contributed by atoms with Crippen molar-refractivity contribution in [3.05, 3.63) is 294 Å². The lowest BCUT2D eigenvalue weighted by Crippen LogP contribution is -1.99. The first-order valence-corrected chi connectivity index (χ1v) is 27.6. The molecule has 9 nitrogen and oxygen atoms in total. The second-order valence-electron chi connectivity index (χ2n) is 20.5. The molecule has 1 aliphatic rings. The summed E-state index contributed by atoms with van der Waals surface area (Å²) in [5.41, 5.74) is 44.3. The second-order valence-corrected chi connectivity index (χ2v) is 20.5. The number of ether oxygens (including phenoxy) is 3. The largest absolute Gasteiger partial charge is 0.497 e. The molecule has 400 valence electrons. The predicted molar refractivity (Wildman–Crippen MR) is 341 cm³/mol. The number of nitrogens with zero attached hydrogens (tertiary/aromatic N) is 6. The smallest absolute Gasteiger partial charge is 0.167 e. The molecule has 0 heterocycles. The summed E-state index contributed by atoms with van der Waals surface area (Å²) in [6, 6.07) is 97.4. The van der Waals surface area contributed by atoms with E-state index in [0.717, 1.165) is 128 Å². The highest BCUT2D eigenvalue weighted by Crippen LogP contribution is 2.51. The van der Waals surface area contributed by atoms with Gasteiger partial charge in [0.05, 0.1) is 7.11 Å². The maximum atomic E-state index is 8.68. The third-order valence-electron chi connectivity index (χ3n) is 15.7. The van der Waals surface area contributed by atoms with Gasteiger partial charge in [-0.05, 0) is 205 Å². The van der Waals surface area contributed by atoms with Gasteiger partial charge in [0.15, 0.2) is 13.5 Å². The monoisotopic (exact) mass is 1080 g/mol. The van der Waals surface area contributed by atoms with Gasteiger partial charge in [0.1, 0.15) is 17.2 Å². The van der Waals surface area contributed by atoms with E-state index < -0.39 is 0 Å². The number of hydrogen-bond acceptors (Lipinski definition) is 5. The Morgan fingerprint density at radius 1 is 0.250 bits per heavy atom. The van der Waals surface area contributed by atoms with Gasteiger partial charge >= 0.3 is 0 Å². The Balaban J connectivity index is 0.947. The van der Waals surface area contributed by atoms with Gasteiger partial charge in [-0.3, -0.25) is 0 Å². The summed E-state index contributed by atoms with van der Waals surface area (Å²) < 4.78 is 16.6. The molecule has 0 fully saturated rings. The molecule has 0 unspecified atom stereocenters. The van der Waals surface area contributed by atoms with Crippen molar-refractivity contribution in [2.24, 2.45) is 10.2 Å². The van der Waals surface area contributed by atoms with Crippen molar-refractivity contribution in [2.75, 3.05) is 20.6 Å². The van der Waals surface area contributed by atoms with Gasteiger partial charge in [0, 0.05) is 9.82 Å². The third kappa shape index (κ3) is 10.7. The Kier molecular flexibility index (Phi) is 14.5. The summed E-state index contributed by atoms with van der Waals surface area (Å²) in [7, 11) is 1.69. The Labute approximate surface area is 487 Å². The standard InChI is InChI=1S/C75H52N6O3/c1-82-65-33-23-54(24-34-65)51-9-17-58(18-10-51)62-30-40-71-70-42-32-63(59-19-11-52(12-20-59)55-25-35-66(36-26-55)83-47-78-80-76)45-73(70)72-43-61(57-15-7-50(8-16-57)49-5-3-2-4-6-49)29-39-68(72)69-41-31-64(46-75(69)74(71)44-62)60-21-13-53(14-22-60)56-27-37-67(38-28-56)84-48-79-81-77/h2-46H,47-48H2,1H3. The molecule has 0 atom stereocenters. The molecular formula is C75H52N6O3. The molecule has 12 aromatic carbocycles. The van der Waals surface area contributed by atoms with Crippen molar-refractivity contribution in [1.82, 2.24) is 0 Å². The minimum Gasteiger partial charge on any atom is -0.497 e. The lowest BCUT2D eigenvalue weighted by molar-refractivity contribution is 0.329. The van der Waals surface area contributed by atoms with Crippen LogP contribution in [0.25, 0.3) is 154 Å². The Bertz CT molecular complexity index is 4450. The minimum atomic E-state index is -0.0609. The van der Waals surface area contributed by atoms with Gasteiger partial charge < -0.3 is 14.2 Å². The van der Waals surface area contributed by atoms with Crippen molar-refractivity contribution < 1.29 is 14.2 Å². The molecule has 0 radical (unpaired) electrons. The van der Waals surface area contributed by atoms with Crippen molar-refractivity contribution in [3.63, 3.8) is 0 Å². The average molecular weight is 1090 g/mol. The van der Waals surface area contributed by atoms with E-state index in [1.807, 2.05) is 60.7 Å². The van der Waals surface area contributed by atoms with Crippen LogP contribution < -0.4 is 14.2 Å². The average Bonchev–Trinajstić information content (AvgIpc) is 1.42. The SMILES string of the molecule is COc1ccc(-c2ccc(-c3ccc4c(c3)-c3cc(-c5ccc(-c6ccc(OCN=[N+]=[N-])cc6)cc5)ccc3-c3ccc(-c5ccc(-c6ccccc6)cc5)cc3-c3cc(-c5ccc(-c6ccc(OCN=[N+]=[N-])cc6)cc5)ccc3-4)cc2)cc1. The van der Waals surface area contributed by atoms with Crippen LogP contribution >= 0.6 is 0 Å². The molecule has 0 saturated carbocycles. The number of rotatable bonds is 15. The fourth-order valence-electron chi connectivity index (χ4n) is 11.3. The topological polar surface area (TPSA) is 125 Å². The Hall–Kier alpha value is -11.3. The summed E-state index contributed by atoms with van der Waals surface area (Å²) in [5.74, 6) is 2.11. The van der Waals surface area contributed by atoms with Gasteiger partial charge in [-0.1, -0.05) is 223 Å². The molecule has 0 aliphatic heterocycles. The summed E-state index contributed by atoms with van der Waals surface area (Å²) in [5, 5.41) is 6.99. The van der Waals surface area contributed by atoms with Crippen molar-refractivity contribution in [3.8, 4) is 151 Å². The van der Waals surface area contributed by atoms with Crippen molar-refractivity contribution in [2.45, 2.75) is 0 Å². The Morgan fingerprint density at radius 2 is 0.464 bits per heavy atom. The first-order valence-electron chi connectivity index (χ1n) is 27.6. The van der Waals surface area contributed by atoms with E-state index in [9.17, 15) is 0 Å². The van der Waals surface area contributed by atoms with E-state index in [1.165, 1.54) is 11.1 Å². The van der Waals surface area contributed by atoms with Crippen molar-refractivity contribution >= 4 is 0 Å². The minimum absolute atomic E-state index is 0.0604. The molecule has 9 heteroatoms. The van der Waals surface area contributed by atoms with Gasteiger partial charge in [0.2, 0.25) is 0 Å². The maximum Gasteiger partial charge on any atom is 0.167 e. The zero-order valence-electron chi connectivity index (χ0n) is 45.8. The molecule has 0 bridgehead atoms. The molecule has 0 aromatic heterocycles. The molecule has 0 spiro atoms. The van der Waals surface area contributed by atoms with E-state index in [-0.39, 0.29) is 13.5 Å². The van der Waals surface area contributed by atoms with E-state index in [4.69, 9.17) is 25.3 Å². The summed E-state index contributed by atoms with van der Waals surface area (Å²) in [4.78, 5) is 5.57. The highest BCUT2D eigenvalue weighted by molar-refractivity contribution is 6.06. The highest BCUT2D eigenvalue weighted by atomic mass is 16.5. The number of methoxy groups -OCH3 is 1. The van der Waals surface area contributed by atoms with Gasteiger partial charge in [0.25, 0.3) is 0 Å². The number of fused-ring (bicyclic) bond motifs is 8. The number of azide groups is 2. The van der Waals surface area contributed by atoms with Gasteiger partial charge in [-0.25, -0.2) is 0 Å². The lowest BCUT2D eigenvalue weighted by atomic mass is 9.78. The van der Waals surface area contributed by atoms with Crippen LogP contribution in [0.5, 0.6) is 17.2 Å².